The van der Waals surface area contributed by atoms with Gasteiger partial charge in [-0.3, -0.25) is 4.79 Å². The topological polar surface area (TPSA) is 32.3 Å². The van der Waals surface area contributed by atoms with Crippen LogP contribution in [0.4, 0.5) is 0 Å². The van der Waals surface area contributed by atoms with Crippen LogP contribution in [0.3, 0.4) is 0 Å². The van der Waals surface area contributed by atoms with Gasteiger partial charge in [0.2, 0.25) is 5.91 Å². The van der Waals surface area contributed by atoms with E-state index in [4.69, 9.17) is 0 Å². The van der Waals surface area contributed by atoms with Gasteiger partial charge in [-0.25, -0.2) is 0 Å². The lowest BCUT2D eigenvalue weighted by Gasteiger charge is -2.21. The predicted octanol–water partition coefficient (Wildman–Crippen LogP) is 3.26. The number of hydrogen-bond donors (Lipinski definition) is 1. The molecule has 2 heterocycles. The molecule has 0 aliphatic carbocycles. The maximum atomic E-state index is 12.4. The number of aryl methyl sites for hydroxylation is 1. The van der Waals surface area contributed by atoms with Crippen LogP contribution < -0.4 is 5.32 Å². The van der Waals surface area contributed by atoms with Gasteiger partial charge in [-0.05, 0) is 61.9 Å². The van der Waals surface area contributed by atoms with E-state index >= 15 is 0 Å². The number of amides is 1. The van der Waals surface area contributed by atoms with Crippen molar-refractivity contribution in [2.24, 2.45) is 11.8 Å². The zero-order valence-corrected chi connectivity index (χ0v) is 15.2. The zero-order valence-electron chi connectivity index (χ0n) is 12.8. The molecule has 1 amide bonds. The van der Waals surface area contributed by atoms with Crippen molar-refractivity contribution in [2.45, 2.75) is 25.7 Å². The van der Waals surface area contributed by atoms with Crippen LogP contribution >= 0.6 is 28.3 Å². The van der Waals surface area contributed by atoms with Crippen molar-refractivity contribution in [2.75, 3.05) is 26.2 Å². The lowest BCUT2D eigenvalue weighted by atomic mass is 9.92. The Balaban J connectivity index is 0.00000176. The third-order valence-corrected chi connectivity index (χ3v) is 5.38. The maximum absolute atomic E-state index is 12.4. The summed E-state index contributed by atoms with van der Waals surface area (Å²) in [5.74, 6) is 1.89. The molecule has 2 aliphatic heterocycles. The number of nitrogens with zero attached hydrogens (tertiary/aromatic N) is 1. The second kappa shape index (κ2) is 8.32. The van der Waals surface area contributed by atoms with Crippen LogP contribution in [-0.4, -0.2) is 37.0 Å². The average molecular weight is 388 g/mol. The van der Waals surface area contributed by atoms with Crippen molar-refractivity contribution in [3.05, 3.63) is 34.3 Å². The van der Waals surface area contributed by atoms with E-state index < -0.39 is 0 Å². The van der Waals surface area contributed by atoms with Crippen molar-refractivity contribution in [1.29, 1.82) is 0 Å². The summed E-state index contributed by atoms with van der Waals surface area (Å²) in [4.78, 5) is 14.5. The highest BCUT2D eigenvalue weighted by Gasteiger charge is 2.31. The van der Waals surface area contributed by atoms with Gasteiger partial charge < -0.3 is 10.2 Å². The summed E-state index contributed by atoms with van der Waals surface area (Å²) in [6, 6.07) is 8.25. The lowest BCUT2D eigenvalue weighted by molar-refractivity contribution is -0.131. The number of likely N-dealkylation sites (tertiary alicyclic amines) is 1. The molecule has 0 spiro atoms. The van der Waals surface area contributed by atoms with E-state index in [0.29, 0.717) is 12.3 Å². The molecule has 0 unspecified atom stereocenters. The Bertz CT molecular complexity index is 497. The number of carbonyl (C=O) groups is 1. The molecule has 2 atom stereocenters. The van der Waals surface area contributed by atoms with Gasteiger partial charge in [-0.15, -0.1) is 12.4 Å². The number of halogens is 2. The van der Waals surface area contributed by atoms with Gasteiger partial charge in [0.25, 0.3) is 0 Å². The molecule has 0 bridgehead atoms. The average Bonchev–Trinajstić information content (AvgIpc) is 2.83. The number of rotatable bonds is 3. The third-order valence-electron chi connectivity index (χ3n) is 4.89. The molecular weight excluding hydrogens is 364 g/mol. The quantitative estimate of drug-likeness (QED) is 0.863. The van der Waals surface area contributed by atoms with E-state index in [1.807, 2.05) is 12.1 Å². The Morgan fingerprint density at radius 3 is 2.55 bits per heavy atom. The van der Waals surface area contributed by atoms with Gasteiger partial charge in [0.05, 0.1) is 0 Å². The van der Waals surface area contributed by atoms with Gasteiger partial charge >= 0.3 is 0 Å². The first-order valence-corrected chi connectivity index (χ1v) is 8.74. The largest absolute Gasteiger partial charge is 0.343 e. The van der Waals surface area contributed by atoms with E-state index in [2.05, 4.69) is 38.3 Å². The first-order chi connectivity index (χ1) is 10.2. The van der Waals surface area contributed by atoms with Gasteiger partial charge in [-0.1, -0.05) is 28.1 Å². The van der Waals surface area contributed by atoms with Crippen LogP contribution in [0.25, 0.3) is 0 Å². The van der Waals surface area contributed by atoms with Gasteiger partial charge in [-0.2, -0.15) is 0 Å². The summed E-state index contributed by atoms with van der Waals surface area (Å²) < 4.78 is 1.09. The maximum Gasteiger partial charge on any atom is 0.222 e. The summed E-state index contributed by atoms with van der Waals surface area (Å²) in [6.07, 6.45) is 3.80. The van der Waals surface area contributed by atoms with Crippen molar-refractivity contribution in [3.8, 4) is 0 Å². The Morgan fingerprint density at radius 2 is 1.91 bits per heavy atom. The van der Waals surface area contributed by atoms with Crippen molar-refractivity contribution in [1.82, 2.24) is 10.2 Å². The first kappa shape index (κ1) is 17.8. The van der Waals surface area contributed by atoms with E-state index in [1.165, 1.54) is 18.4 Å². The summed E-state index contributed by atoms with van der Waals surface area (Å²) >= 11 is 3.48. The fourth-order valence-corrected chi connectivity index (χ4v) is 4.02. The summed E-state index contributed by atoms with van der Waals surface area (Å²) in [5.41, 5.74) is 1.23. The molecule has 0 aromatic heterocycles. The molecular formula is C17H24BrClN2O. The molecule has 22 heavy (non-hydrogen) atoms. The molecule has 2 fully saturated rings. The highest BCUT2D eigenvalue weighted by atomic mass is 79.9. The molecule has 2 saturated heterocycles. The van der Waals surface area contributed by atoms with Crippen molar-refractivity contribution < 1.29 is 4.79 Å². The van der Waals surface area contributed by atoms with E-state index in [9.17, 15) is 4.79 Å². The third kappa shape index (κ3) is 4.46. The number of hydrogen-bond acceptors (Lipinski definition) is 2. The highest BCUT2D eigenvalue weighted by molar-refractivity contribution is 9.10. The molecule has 122 valence electrons. The van der Waals surface area contributed by atoms with Gasteiger partial charge in [0.1, 0.15) is 0 Å². The van der Waals surface area contributed by atoms with E-state index in [0.717, 1.165) is 48.9 Å². The molecule has 5 heteroatoms. The standard InChI is InChI=1S/C17H23BrN2O.ClH/c18-16-3-1-2-13(10-16)4-5-17(21)20-8-6-14-11-19-12-15(14)7-9-20;/h1-3,10,14-15,19H,4-9,11-12H2;1H/t14-,15+;. The minimum atomic E-state index is 0. The lowest BCUT2D eigenvalue weighted by Crippen LogP contribution is -2.32. The van der Waals surface area contributed by atoms with Crippen molar-refractivity contribution >= 4 is 34.2 Å². The molecule has 3 nitrogen and oxygen atoms in total. The predicted molar refractivity (Wildman–Crippen MR) is 95.4 cm³/mol. The number of fused-ring (bicyclic) bond motifs is 1. The minimum Gasteiger partial charge on any atom is -0.343 e. The fraction of sp³-hybridized carbons (Fsp3) is 0.588. The highest BCUT2D eigenvalue weighted by Crippen LogP contribution is 2.27. The van der Waals surface area contributed by atoms with Crippen LogP contribution in [0.2, 0.25) is 0 Å². The monoisotopic (exact) mass is 386 g/mol. The second-order valence-electron chi connectivity index (χ2n) is 6.27. The van der Waals surface area contributed by atoms with Crippen LogP contribution in [-0.2, 0) is 11.2 Å². The smallest absolute Gasteiger partial charge is 0.222 e. The molecule has 0 saturated carbocycles. The fourth-order valence-electron chi connectivity index (χ4n) is 3.57. The minimum absolute atomic E-state index is 0. The Labute approximate surface area is 147 Å². The summed E-state index contributed by atoms with van der Waals surface area (Å²) in [6.45, 7) is 4.18. The molecule has 3 rings (SSSR count). The molecule has 1 aromatic rings. The number of benzene rings is 1. The SMILES string of the molecule is Cl.O=C(CCc1cccc(Br)c1)N1CC[C@@H]2CNC[C@@H]2CC1. The zero-order chi connectivity index (χ0) is 14.7. The number of carbonyl (C=O) groups excluding carboxylic acids is 1. The molecule has 1 aromatic carbocycles. The van der Waals surface area contributed by atoms with Crippen molar-refractivity contribution in [3.63, 3.8) is 0 Å². The van der Waals surface area contributed by atoms with E-state index in [1.54, 1.807) is 0 Å². The normalized spacial score (nSPS) is 24.3. The van der Waals surface area contributed by atoms with Crippen LogP contribution in [0.5, 0.6) is 0 Å². The van der Waals surface area contributed by atoms with Crippen LogP contribution in [0, 0.1) is 11.8 Å². The Hall–Kier alpha value is -0.580. The van der Waals surface area contributed by atoms with Gasteiger partial charge in [0.15, 0.2) is 0 Å². The first-order valence-electron chi connectivity index (χ1n) is 7.95. The molecule has 0 radical (unpaired) electrons. The summed E-state index contributed by atoms with van der Waals surface area (Å²) in [5, 5.41) is 3.48. The Kier molecular flexibility index (Phi) is 6.72. The van der Waals surface area contributed by atoms with Crippen LogP contribution in [0.1, 0.15) is 24.8 Å². The Morgan fingerprint density at radius 1 is 1.23 bits per heavy atom. The summed E-state index contributed by atoms with van der Waals surface area (Å²) in [7, 11) is 0. The number of nitrogens with one attached hydrogen (secondary N) is 1. The second-order valence-corrected chi connectivity index (χ2v) is 7.18. The van der Waals surface area contributed by atoms with Crippen LogP contribution in [0.15, 0.2) is 28.7 Å². The van der Waals surface area contributed by atoms with Gasteiger partial charge in [0, 0.05) is 24.0 Å². The molecule has 1 N–H and O–H groups in total. The van der Waals surface area contributed by atoms with E-state index in [-0.39, 0.29) is 12.4 Å². The molecule has 2 aliphatic rings.